The number of aromatic nitrogens is 3. The van der Waals surface area contributed by atoms with Crippen LogP contribution in [0.1, 0.15) is 37.3 Å². The summed E-state index contributed by atoms with van der Waals surface area (Å²) in [4.78, 5) is 62.1. The van der Waals surface area contributed by atoms with Gasteiger partial charge in [-0.25, -0.2) is 23.9 Å². The summed E-state index contributed by atoms with van der Waals surface area (Å²) >= 11 is 9.82. The first-order valence-corrected chi connectivity index (χ1v) is 21.5. The van der Waals surface area contributed by atoms with E-state index < -0.39 is 54.6 Å². The maximum absolute atomic E-state index is 15.3. The molecule has 0 bridgehead atoms. The van der Waals surface area contributed by atoms with Gasteiger partial charge in [-0.15, -0.1) is 0 Å². The fraction of sp³-hybridized carbons (Fsp3) is 0.120. The standard InChI is InChI=1S/C50H36BrN3O10S/c1-59-39-21-12-11-20-37(39)53-45(55)41-35(38-22-13-27-60-38)28-36(30-23-25-34(51)26-24-30)52-44(41)54(50(53)65)46-43(64-49(58)33-18-9-4-10-19-33)42(63-48(57)32-16-7-3-8-17-32)40(62-46)29-61-47(56)31-14-5-2-6-15-31/h2-28,40,42-43,46H,29H2,1H3/t40-,42-,43+,46-/m1/s1. The number of carbonyl (C=O) groups is 3. The van der Waals surface area contributed by atoms with Crippen molar-refractivity contribution in [2.24, 2.45) is 0 Å². The third kappa shape index (κ3) is 8.64. The van der Waals surface area contributed by atoms with Crippen molar-refractivity contribution < 1.29 is 42.5 Å². The fourth-order valence-corrected chi connectivity index (χ4v) is 8.27. The second kappa shape index (κ2) is 18.7. The van der Waals surface area contributed by atoms with Crippen LogP contribution >= 0.6 is 28.1 Å². The van der Waals surface area contributed by atoms with Crippen LogP contribution in [0.5, 0.6) is 5.75 Å². The van der Waals surface area contributed by atoms with Gasteiger partial charge in [-0.3, -0.25) is 9.36 Å². The summed E-state index contributed by atoms with van der Waals surface area (Å²) in [7, 11) is 1.47. The average molecular weight is 951 g/mol. The number of rotatable bonds is 12. The molecule has 4 atom stereocenters. The van der Waals surface area contributed by atoms with Crippen molar-refractivity contribution in [1.29, 1.82) is 0 Å². The predicted octanol–water partition coefficient (Wildman–Crippen LogP) is 9.82. The third-order valence-corrected chi connectivity index (χ3v) is 11.6. The Labute approximate surface area is 384 Å². The summed E-state index contributed by atoms with van der Waals surface area (Å²) < 4.78 is 40.4. The number of pyridine rings is 1. The Balaban J connectivity index is 1.31. The SMILES string of the molecule is COc1ccccc1-n1c(=O)c2c(-c3ccco3)cc(-c3ccc(Br)cc3)nc2n([C@@H]2O[C@H](COC(=O)c3ccccc3)[C@@H](OC(=O)c3ccccc3)[C@@H]2OC(=O)c2ccccc2)c1=S. The minimum Gasteiger partial charge on any atom is -0.495 e. The fourth-order valence-electron chi connectivity index (χ4n) is 7.63. The van der Waals surface area contributed by atoms with E-state index in [0.29, 0.717) is 28.3 Å². The molecular weight excluding hydrogens is 915 g/mol. The Kier molecular flexibility index (Phi) is 12.3. The highest BCUT2D eigenvalue weighted by Crippen LogP contribution is 2.40. The Morgan fingerprint density at radius 2 is 1.31 bits per heavy atom. The molecule has 9 rings (SSSR count). The molecule has 0 saturated carbocycles. The van der Waals surface area contributed by atoms with Gasteiger partial charge in [0.15, 0.2) is 28.9 Å². The zero-order valence-electron chi connectivity index (χ0n) is 34.3. The first-order valence-electron chi connectivity index (χ1n) is 20.3. The van der Waals surface area contributed by atoms with Crippen molar-refractivity contribution in [3.63, 3.8) is 0 Å². The zero-order valence-corrected chi connectivity index (χ0v) is 36.7. The molecule has 15 heteroatoms. The summed E-state index contributed by atoms with van der Waals surface area (Å²) in [6.45, 7) is -0.469. The van der Waals surface area contributed by atoms with E-state index in [1.165, 1.54) is 22.5 Å². The molecule has 8 aromatic rings. The smallest absolute Gasteiger partial charge is 0.338 e. The molecule has 1 saturated heterocycles. The monoisotopic (exact) mass is 949 g/mol. The molecular formula is C50H36BrN3O10S. The molecule has 1 fully saturated rings. The summed E-state index contributed by atoms with van der Waals surface area (Å²) in [5.41, 5.74) is 1.80. The highest BCUT2D eigenvalue weighted by molar-refractivity contribution is 9.10. The number of fused-ring (bicyclic) bond motifs is 1. The highest BCUT2D eigenvalue weighted by atomic mass is 79.9. The van der Waals surface area contributed by atoms with Gasteiger partial charge in [0.2, 0.25) is 0 Å². The first kappa shape index (κ1) is 42.8. The van der Waals surface area contributed by atoms with Crippen LogP contribution in [0.2, 0.25) is 0 Å². The average Bonchev–Trinajstić information content (AvgIpc) is 4.00. The van der Waals surface area contributed by atoms with Crippen LogP contribution in [0.15, 0.2) is 178 Å². The molecule has 5 aromatic carbocycles. The van der Waals surface area contributed by atoms with Crippen LogP contribution < -0.4 is 10.3 Å². The molecule has 0 amide bonds. The molecule has 1 aliphatic rings. The quantitative estimate of drug-likeness (QED) is 0.0652. The maximum atomic E-state index is 15.3. The van der Waals surface area contributed by atoms with Crippen molar-refractivity contribution in [2.45, 2.75) is 24.5 Å². The number of ether oxygens (including phenoxy) is 5. The maximum Gasteiger partial charge on any atom is 0.338 e. The summed E-state index contributed by atoms with van der Waals surface area (Å²) in [5, 5.41) is 0.0499. The number of halogens is 1. The van der Waals surface area contributed by atoms with E-state index in [2.05, 4.69) is 15.9 Å². The number of benzene rings is 5. The van der Waals surface area contributed by atoms with E-state index in [4.69, 9.17) is 45.3 Å². The van der Waals surface area contributed by atoms with Crippen molar-refractivity contribution >= 4 is 57.1 Å². The lowest BCUT2D eigenvalue weighted by Gasteiger charge is -2.27. The molecule has 65 heavy (non-hydrogen) atoms. The molecule has 0 N–H and O–H groups in total. The Hall–Kier alpha value is -7.46. The number of esters is 3. The van der Waals surface area contributed by atoms with Crippen molar-refractivity contribution in [1.82, 2.24) is 14.1 Å². The molecule has 0 aliphatic carbocycles. The van der Waals surface area contributed by atoms with Crippen LogP contribution in [-0.2, 0) is 18.9 Å². The van der Waals surface area contributed by atoms with Gasteiger partial charge < -0.3 is 28.1 Å². The molecule has 3 aromatic heterocycles. The number of nitrogens with zero attached hydrogens (tertiary/aromatic N) is 3. The van der Waals surface area contributed by atoms with E-state index in [1.54, 1.807) is 133 Å². The molecule has 324 valence electrons. The number of furan rings is 1. The minimum absolute atomic E-state index is 0.0128. The lowest BCUT2D eigenvalue weighted by atomic mass is 10.0. The number of hydrogen-bond donors (Lipinski definition) is 0. The number of para-hydroxylation sites is 2. The molecule has 4 heterocycles. The molecule has 0 radical (unpaired) electrons. The van der Waals surface area contributed by atoms with Crippen molar-refractivity contribution in [2.75, 3.05) is 13.7 Å². The van der Waals surface area contributed by atoms with E-state index in [-0.39, 0.29) is 38.2 Å². The first-order chi connectivity index (χ1) is 31.7. The normalized spacial score (nSPS) is 16.8. The van der Waals surface area contributed by atoms with Gasteiger partial charge in [-0.1, -0.05) is 94.8 Å². The van der Waals surface area contributed by atoms with Crippen LogP contribution in [0.4, 0.5) is 0 Å². The largest absolute Gasteiger partial charge is 0.495 e. The van der Waals surface area contributed by atoms with E-state index in [9.17, 15) is 14.4 Å². The Bertz CT molecular complexity index is 3150. The van der Waals surface area contributed by atoms with Crippen LogP contribution in [0.3, 0.4) is 0 Å². The van der Waals surface area contributed by atoms with Crippen molar-refractivity contribution in [3.8, 4) is 34.0 Å². The number of methoxy groups -OCH3 is 1. The zero-order chi connectivity index (χ0) is 45.0. The van der Waals surface area contributed by atoms with Crippen LogP contribution in [-0.4, -0.2) is 64.1 Å². The van der Waals surface area contributed by atoms with Gasteiger partial charge in [0.25, 0.3) is 5.56 Å². The predicted molar refractivity (Wildman–Crippen MR) is 245 cm³/mol. The van der Waals surface area contributed by atoms with E-state index in [1.807, 2.05) is 24.3 Å². The topological polar surface area (TPSA) is 150 Å². The summed E-state index contributed by atoms with van der Waals surface area (Å²) in [6.07, 6.45) is -4.24. The molecule has 13 nitrogen and oxygen atoms in total. The number of hydrogen-bond acceptors (Lipinski definition) is 12. The van der Waals surface area contributed by atoms with E-state index >= 15 is 4.79 Å². The summed E-state index contributed by atoms with van der Waals surface area (Å²) in [5.74, 6) is -1.60. The van der Waals surface area contributed by atoms with E-state index in [0.717, 1.165) is 4.47 Å². The number of carbonyl (C=O) groups excluding carboxylic acids is 3. The second-order valence-corrected chi connectivity index (χ2v) is 16.0. The Morgan fingerprint density at radius 3 is 1.91 bits per heavy atom. The van der Waals surface area contributed by atoms with Gasteiger partial charge in [0.05, 0.1) is 46.8 Å². The third-order valence-electron chi connectivity index (χ3n) is 10.7. The highest BCUT2D eigenvalue weighted by Gasteiger charge is 2.52. The van der Waals surface area contributed by atoms with Gasteiger partial charge in [-0.2, -0.15) is 0 Å². The molecule has 0 unspecified atom stereocenters. The Morgan fingerprint density at radius 1 is 0.723 bits per heavy atom. The van der Waals surface area contributed by atoms with Gasteiger partial charge >= 0.3 is 17.9 Å². The lowest BCUT2D eigenvalue weighted by Crippen LogP contribution is -2.42. The van der Waals surface area contributed by atoms with Gasteiger partial charge in [0.1, 0.15) is 24.2 Å². The second-order valence-electron chi connectivity index (χ2n) is 14.7. The van der Waals surface area contributed by atoms with Crippen LogP contribution in [0.25, 0.3) is 39.3 Å². The summed E-state index contributed by atoms with van der Waals surface area (Å²) in [6, 6.07) is 44.2. The molecule has 1 aliphatic heterocycles. The lowest BCUT2D eigenvalue weighted by molar-refractivity contribution is -0.0617. The minimum atomic E-state index is -1.51. The van der Waals surface area contributed by atoms with Crippen LogP contribution in [0, 0.1) is 4.77 Å². The van der Waals surface area contributed by atoms with Gasteiger partial charge in [0, 0.05) is 15.6 Å². The van der Waals surface area contributed by atoms with Crippen molar-refractivity contribution in [3.05, 3.63) is 200 Å². The molecule has 0 spiro atoms. The van der Waals surface area contributed by atoms with Gasteiger partial charge in [-0.05, 0) is 91.1 Å².